The number of aliphatic hydroxyl groups is 1. The molecule has 23 heavy (non-hydrogen) atoms. The van der Waals surface area contributed by atoms with E-state index in [1.165, 1.54) is 12.1 Å². The normalized spacial score (nSPS) is 13.9. The minimum Gasteiger partial charge on any atom is -0.515 e. The van der Waals surface area contributed by atoms with E-state index >= 15 is 0 Å². The summed E-state index contributed by atoms with van der Waals surface area (Å²) in [6, 6.07) is 2.82. The molecule has 0 amide bonds. The van der Waals surface area contributed by atoms with Crippen molar-refractivity contribution in [2.75, 3.05) is 5.84 Å². The van der Waals surface area contributed by atoms with Gasteiger partial charge < -0.3 is 10.9 Å². The molecule has 1 aromatic carbocycles. The molecule has 3 rings (SSSR count). The number of aromatic amines is 1. The molecule has 0 atom stereocenters. The van der Waals surface area contributed by atoms with Crippen molar-refractivity contribution in [1.82, 2.24) is 14.9 Å². The lowest BCUT2D eigenvalue weighted by Crippen LogP contribution is -2.32. The van der Waals surface area contributed by atoms with E-state index in [9.17, 15) is 15.2 Å². The molecule has 0 unspecified atom stereocenters. The van der Waals surface area contributed by atoms with Gasteiger partial charge in [0.05, 0.1) is 16.4 Å². The first-order chi connectivity index (χ1) is 11.0. The molecule has 1 heterocycles. The summed E-state index contributed by atoms with van der Waals surface area (Å²) in [4.78, 5) is 10.8. The summed E-state index contributed by atoms with van der Waals surface area (Å²) < 4.78 is 1.33. The van der Waals surface area contributed by atoms with Crippen LogP contribution in [0.3, 0.4) is 0 Å². The third kappa shape index (κ3) is 2.32. The molecule has 1 aliphatic carbocycles. The van der Waals surface area contributed by atoms with Gasteiger partial charge >= 0.3 is 0 Å². The Bertz CT molecular complexity index is 1030. The molecule has 0 saturated carbocycles. The molecule has 8 nitrogen and oxygen atoms in total. The molecule has 116 valence electrons. The first kappa shape index (κ1) is 14.7. The highest BCUT2D eigenvalue weighted by Gasteiger charge is 2.18. The number of allylic oxidation sites excluding steroid dienone is 4. The number of nitrogens with one attached hydrogen (secondary N) is 1. The van der Waals surface area contributed by atoms with Crippen molar-refractivity contribution >= 4 is 29.7 Å². The Morgan fingerprint density at radius 1 is 1.39 bits per heavy atom. The van der Waals surface area contributed by atoms with Crippen LogP contribution in [0.1, 0.15) is 0 Å². The molecule has 1 aromatic heterocycles. The van der Waals surface area contributed by atoms with Gasteiger partial charge in [-0.15, -0.1) is 0 Å². The van der Waals surface area contributed by atoms with Crippen LogP contribution in [0, 0.1) is 14.9 Å². The fraction of sp³-hybridized carbons (Fsp3) is 0. The Hall–Kier alpha value is -3.20. The number of benzene rings is 1. The highest BCUT2D eigenvalue weighted by Crippen LogP contribution is 2.15. The summed E-state index contributed by atoms with van der Waals surface area (Å²) in [6.45, 7) is 0. The summed E-state index contributed by atoms with van der Waals surface area (Å²) in [6.07, 6.45) is 7.76. The first-order valence-electron chi connectivity index (χ1n) is 6.48. The monoisotopic (exact) mass is 329 g/mol. The number of nitro groups is 1. The van der Waals surface area contributed by atoms with Crippen LogP contribution in [-0.2, 0) is 0 Å². The summed E-state index contributed by atoms with van der Waals surface area (Å²) in [5.41, 5.74) is 0.902. The maximum atomic E-state index is 11.3. The smallest absolute Gasteiger partial charge is 0.277 e. The molecule has 0 saturated heterocycles. The zero-order chi connectivity index (χ0) is 16.6. The topological polar surface area (TPSA) is 123 Å². The Morgan fingerprint density at radius 3 is 2.61 bits per heavy atom. The highest BCUT2D eigenvalue weighted by atomic mass is 32.1. The van der Waals surface area contributed by atoms with Crippen molar-refractivity contribution in [1.29, 1.82) is 0 Å². The van der Waals surface area contributed by atoms with Crippen molar-refractivity contribution < 1.29 is 10.0 Å². The van der Waals surface area contributed by atoms with Gasteiger partial charge in [-0.05, 0) is 23.9 Å². The summed E-state index contributed by atoms with van der Waals surface area (Å²) >= 11 is 4.97. The Morgan fingerprint density at radius 2 is 2.09 bits per heavy atom. The molecular formula is C14H11N5O3S. The molecule has 0 radical (unpaired) electrons. The van der Waals surface area contributed by atoms with Gasteiger partial charge in [0.2, 0.25) is 4.77 Å². The Balaban J connectivity index is 2.50. The Kier molecular flexibility index (Phi) is 3.54. The average Bonchev–Trinajstić information content (AvgIpc) is 3.17. The van der Waals surface area contributed by atoms with Gasteiger partial charge in [0.25, 0.3) is 5.69 Å². The molecule has 1 aliphatic rings. The molecule has 0 fully saturated rings. The predicted molar refractivity (Wildman–Crippen MR) is 87.7 cm³/mol. The van der Waals surface area contributed by atoms with E-state index in [0.29, 0.717) is 11.1 Å². The van der Waals surface area contributed by atoms with Crippen LogP contribution in [0.5, 0.6) is 0 Å². The fourth-order valence-corrected chi connectivity index (χ4v) is 2.56. The van der Waals surface area contributed by atoms with Crippen molar-refractivity contribution in [3.8, 4) is 11.4 Å². The quantitative estimate of drug-likeness (QED) is 0.324. The van der Waals surface area contributed by atoms with Gasteiger partial charge in [-0.3, -0.25) is 10.1 Å². The number of hydrogen-bond donors (Lipinski definition) is 3. The van der Waals surface area contributed by atoms with Gasteiger partial charge in [0.1, 0.15) is 0 Å². The second-order valence-corrected chi connectivity index (χ2v) is 5.09. The minimum atomic E-state index is -0.501. The number of aromatic nitrogens is 3. The number of nitrogen functional groups attached to an aromatic ring is 1. The lowest BCUT2D eigenvalue weighted by molar-refractivity contribution is -0.386. The van der Waals surface area contributed by atoms with Crippen LogP contribution in [0.2, 0.25) is 0 Å². The highest BCUT2D eigenvalue weighted by molar-refractivity contribution is 7.71. The van der Waals surface area contributed by atoms with Crippen LogP contribution in [0.15, 0.2) is 36.4 Å². The van der Waals surface area contributed by atoms with Gasteiger partial charge in [0.15, 0.2) is 5.82 Å². The van der Waals surface area contributed by atoms with Crippen LogP contribution >= 0.6 is 12.2 Å². The largest absolute Gasteiger partial charge is 0.515 e. The third-order valence-corrected chi connectivity index (χ3v) is 3.73. The second-order valence-electron chi connectivity index (χ2n) is 4.70. The zero-order valence-electron chi connectivity index (χ0n) is 11.6. The standard InChI is InChI=1S/C14H11N5O3S/c15-18-13(16-17-14(18)23)9-5-6-11(19(21)22)12(10(9)7-20)8-3-1-2-4-8/h1-7,20H,15H2,(H,17,23). The molecule has 0 aliphatic heterocycles. The van der Waals surface area contributed by atoms with Gasteiger partial charge in [-0.25, -0.2) is 9.77 Å². The number of non-ortho nitro benzene ring substituents is 1. The molecule has 4 N–H and O–H groups in total. The van der Waals surface area contributed by atoms with Gasteiger partial charge in [0, 0.05) is 16.8 Å². The van der Waals surface area contributed by atoms with Crippen molar-refractivity contribution in [2.45, 2.75) is 0 Å². The molecule has 0 bridgehead atoms. The van der Waals surface area contributed by atoms with Crippen LogP contribution in [0.4, 0.5) is 5.69 Å². The van der Waals surface area contributed by atoms with E-state index in [-0.39, 0.29) is 26.7 Å². The van der Waals surface area contributed by atoms with E-state index in [4.69, 9.17) is 18.1 Å². The zero-order valence-corrected chi connectivity index (χ0v) is 12.4. The number of H-pyrrole nitrogens is 1. The van der Waals surface area contributed by atoms with Gasteiger partial charge in [-0.1, -0.05) is 24.3 Å². The van der Waals surface area contributed by atoms with E-state index in [2.05, 4.69) is 10.2 Å². The summed E-state index contributed by atoms with van der Waals surface area (Å²) in [5.74, 6) is 6.08. The number of nitrogens with zero attached hydrogens (tertiary/aromatic N) is 3. The molecular weight excluding hydrogens is 318 g/mol. The maximum Gasteiger partial charge on any atom is 0.277 e. The number of nitro benzene ring substituents is 1. The average molecular weight is 329 g/mol. The van der Waals surface area contributed by atoms with Crippen LogP contribution < -0.4 is 16.3 Å². The van der Waals surface area contributed by atoms with E-state index < -0.39 is 4.92 Å². The number of nitrogens with two attached hydrogens (primary N) is 1. The maximum absolute atomic E-state index is 11.3. The molecule has 9 heteroatoms. The van der Waals surface area contributed by atoms with E-state index in [0.717, 1.165) is 10.9 Å². The minimum absolute atomic E-state index is 0.127. The summed E-state index contributed by atoms with van der Waals surface area (Å²) in [7, 11) is 0. The molecule has 2 aromatic rings. The van der Waals surface area contributed by atoms with E-state index in [1.54, 1.807) is 24.3 Å². The van der Waals surface area contributed by atoms with Crippen molar-refractivity contribution in [3.63, 3.8) is 0 Å². The lowest BCUT2D eigenvalue weighted by atomic mass is 10.0. The van der Waals surface area contributed by atoms with Crippen LogP contribution in [-0.4, -0.2) is 24.9 Å². The Labute approximate surface area is 134 Å². The van der Waals surface area contributed by atoms with Crippen molar-refractivity contribution in [2.24, 2.45) is 0 Å². The fourth-order valence-electron chi connectivity index (χ4n) is 2.43. The predicted octanol–water partition coefficient (Wildman–Crippen LogP) is 0.802. The SMILES string of the molecule is Nn1c(-c2ccc([N+](=O)[O-])c(=C3C=CC=C3)c2=CO)n[nH]c1=S. The third-order valence-electron chi connectivity index (χ3n) is 3.45. The number of hydrogen-bond acceptors (Lipinski definition) is 6. The first-order valence-corrected chi connectivity index (χ1v) is 6.89. The summed E-state index contributed by atoms with van der Waals surface area (Å²) in [5, 5.41) is 28.1. The van der Waals surface area contributed by atoms with Crippen molar-refractivity contribution in [3.05, 3.63) is 61.8 Å². The van der Waals surface area contributed by atoms with Crippen LogP contribution in [0.25, 0.3) is 23.2 Å². The van der Waals surface area contributed by atoms with Gasteiger partial charge in [-0.2, -0.15) is 5.10 Å². The number of rotatable bonds is 2. The second kappa shape index (κ2) is 5.54. The molecule has 0 spiro atoms. The van der Waals surface area contributed by atoms with E-state index in [1.807, 2.05) is 0 Å². The number of aliphatic hydroxyl groups excluding tert-OH is 1. The lowest BCUT2D eigenvalue weighted by Gasteiger charge is -2.04.